The molecular formula is C12H11BrN4O2. The highest BCUT2D eigenvalue weighted by Gasteiger charge is 2.15. The standard InChI is InChI=1S/C12H11BrN4O2/c1-17-7-3-2-6(4-8(7)19-12(17)18)10(14)11-15-5-9(13)16-11/h2-5,10H,14H2,1H3,(H,15,16). The van der Waals surface area contributed by atoms with Crippen LogP contribution < -0.4 is 11.5 Å². The number of nitrogens with two attached hydrogens (primary N) is 1. The number of fused-ring (bicyclic) bond motifs is 1. The maximum absolute atomic E-state index is 11.4. The van der Waals surface area contributed by atoms with Crippen LogP contribution in [0.4, 0.5) is 0 Å². The van der Waals surface area contributed by atoms with Gasteiger partial charge in [-0.2, -0.15) is 0 Å². The van der Waals surface area contributed by atoms with Crippen LogP contribution in [0, 0.1) is 0 Å². The van der Waals surface area contributed by atoms with Gasteiger partial charge in [-0.25, -0.2) is 9.78 Å². The molecule has 0 saturated heterocycles. The fourth-order valence-electron chi connectivity index (χ4n) is 1.97. The molecule has 0 aliphatic rings. The van der Waals surface area contributed by atoms with Gasteiger partial charge < -0.3 is 15.1 Å². The Morgan fingerprint density at radius 1 is 1.53 bits per heavy atom. The molecule has 0 aliphatic heterocycles. The predicted octanol–water partition coefficient (Wildman–Crippen LogP) is 1.67. The van der Waals surface area contributed by atoms with Crippen LogP contribution in [0.1, 0.15) is 17.4 Å². The predicted molar refractivity (Wildman–Crippen MR) is 73.8 cm³/mol. The van der Waals surface area contributed by atoms with Crippen LogP contribution in [0.15, 0.2) is 38.2 Å². The number of halogens is 1. The van der Waals surface area contributed by atoms with Gasteiger partial charge in [0.2, 0.25) is 0 Å². The Labute approximate surface area is 116 Å². The molecule has 0 spiro atoms. The fourth-order valence-corrected chi connectivity index (χ4v) is 2.28. The largest absolute Gasteiger partial charge is 0.419 e. The van der Waals surface area contributed by atoms with E-state index < -0.39 is 6.04 Å². The molecule has 3 rings (SSSR count). The molecule has 2 heterocycles. The van der Waals surface area contributed by atoms with E-state index in [0.29, 0.717) is 11.4 Å². The number of aromatic amines is 1. The van der Waals surface area contributed by atoms with Crippen LogP contribution in [0.5, 0.6) is 0 Å². The van der Waals surface area contributed by atoms with Gasteiger partial charge in [-0.15, -0.1) is 0 Å². The lowest BCUT2D eigenvalue weighted by Crippen LogP contribution is -2.13. The quantitative estimate of drug-likeness (QED) is 0.750. The van der Waals surface area contributed by atoms with Crippen LogP contribution in [-0.4, -0.2) is 14.5 Å². The molecule has 3 aromatic rings. The first kappa shape index (κ1) is 12.2. The molecule has 3 N–H and O–H groups in total. The molecule has 0 radical (unpaired) electrons. The maximum atomic E-state index is 11.4. The Hall–Kier alpha value is -1.86. The summed E-state index contributed by atoms with van der Waals surface area (Å²) in [5, 5.41) is 0. The van der Waals surface area contributed by atoms with E-state index in [1.807, 2.05) is 12.1 Å². The van der Waals surface area contributed by atoms with Gasteiger partial charge in [0.15, 0.2) is 5.58 Å². The number of hydrogen-bond donors (Lipinski definition) is 2. The molecule has 0 fully saturated rings. The second-order valence-electron chi connectivity index (χ2n) is 4.25. The Morgan fingerprint density at radius 2 is 2.32 bits per heavy atom. The number of oxazole rings is 1. The summed E-state index contributed by atoms with van der Waals surface area (Å²) in [4.78, 5) is 18.6. The van der Waals surface area contributed by atoms with Gasteiger partial charge in [0.05, 0.1) is 17.8 Å². The van der Waals surface area contributed by atoms with Crippen molar-refractivity contribution in [2.45, 2.75) is 6.04 Å². The third kappa shape index (κ3) is 2.00. The number of H-pyrrole nitrogens is 1. The van der Waals surface area contributed by atoms with Crippen molar-refractivity contribution in [3.05, 3.63) is 50.9 Å². The van der Waals surface area contributed by atoms with Gasteiger partial charge in [-0.3, -0.25) is 4.57 Å². The van der Waals surface area contributed by atoms with Crippen molar-refractivity contribution in [2.24, 2.45) is 12.8 Å². The van der Waals surface area contributed by atoms with E-state index in [9.17, 15) is 4.79 Å². The van der Waals surface area contributed by atoms with E-state index in [-0.39, 0.29) is 5.76 Å². The normalized spacial score (nSPS) is 13.0. The van der Waals surface area contributed by atoms with E-state index >= 15 is 0 Å². The minimum absolute atomic E-state index is 0.388. The first-order valence-corrected chi connectivity index (χ1v) is 6.41. The summed E-state index contributed by atoms with van der Waals surface area (Å²) in [5.41, 5.74) is 8.20. The molecule has 98 valence electrons. The molecule has 0 aliphatic carbocycles. The highest BCUT2D eigenvalue weighted by Crippen LogP contribution is 2.22. The summed E-state index contributed by atoms with van der Waals surface area (Å²) in [5.74, 6) is 0.256. The number of nitrogens with one attached hydrogen (secondary N) is 1. The summed E-state index contributed by atoms with van der Waals surface area (Å²) in [6.45, 7) is 0. The molecule has 6 nitrogen and oxygen atoms in total. The zero-order valence-electron chi connectivity index (χ0n) is 10.1. The van der Waals surface area contributed by atoms with E-state index in [2.05, 4.69) is 25.9 Å². The van der Waals surface area contributed by atoms with Crippen LogP contribution in [-0.2, 0) is 7.05 Å². The zero-order chi connectivity index (χ0) is 13.6. The molecule has 1 aromatic carbocycles. The van der Waals surface area contributed by atoms with E-state index in [1.54, 1.807) is 19.3 Å². The smallest absolute Gasteiger partial charge is 0.408 e. The lowest BCUT2D eigenvalue weighted by atomic mass is 10.1. The minimum Gasteiger partial charge on any atom is -0.408 e. The monoisotopic (exact) mass is 322 g/mol. The van der Waals surface area contributed by atoms with Gasteiger partial charge >= 0.3 is 5.76 Å². The molecule has 2 aromatic heterocycles. The summed E-state index contributed by atoms with van der Waals surface area (Å²) < 4.78 is 7.36. The SMILES string of the molecule is Cn1c(=O)oc2cc(C(N)c3ncc(Br)[nH]3)ccc21. The third-order valence-electron chi connectivity index (χ3n) is 3.03. The minimum atomic E-state index is -0.402. The number of rotatable bonds is 2. The molecule has 7 heteroatoms. The lowest BCUT2D eigenvalue weighted by molar-refractivity contribution is 0.527. The average Bonchev–Trinajstić information content (AvgIpc) is 2.94. The number of hydrogen-bond acceptors (Lipinski definition) is 4. The molecule has 0 amide bonds. The Morgan fingerprint density at radius 3 is 3.00 bits per heavy atom. The first-order valence-electron chi connectivity index (χ1n) is 5.61. The Balaban J connectivity index is 2.08. The summed E-state index contributed by atoms with van der Waals surface area (Å²) in [6, 6.07) is 5.03. The van der Waals surface area contributed by atoms with Crippen molar-refractivity contribution >= 4 is 27.0 Å². The van der Waals surface area contributed by atoms with E-state index in [4.69, 9.17) is 10.2 Å². The van der Waals surface area contributed by atoms with Crippen molar-refractivity contribution in [1.82, 2.24) is 14.5 Å². The van der Waals surface area contributed by atoms with E-state index in [0.717, 1.165) is 15.7 Å². The number of benzene rings is 1. The molecule has 1 unspecified atom stereocenters. The topological polar surface area (TPSA) is 89.8 Å². The number of imidazole rings is 1. The highest BCUT2D eigenvalue weighted by atomic mass is 79.9. The molecule has 1 atom stereocenters. The summed E-state index contributed by atoms with van der Waals surface area (Å²) in [7, 11) is 1.66. The van der Waals surface area contributed by atoms with Gasteiger partial charge in [-0.05, 0) is 33.6 Å². The van der Waals surface area contributed by atoms with Crippen LogP contribution >= 0.6 is 15.9 Å². The second kappa shape index (κ2) is 4.36. The lowest BCUT2D eigenvalue weighted by Gasteiger charge is -2.08. The van der Waals surface area contributed by atoms with Crippen LogP contribution in [0.25, 0.3) is 11.1 Å². The Bertz CT molecular complexity index is 802. The van der Waals surface area contributed by atoms with Crippen molar-refractivity contribution in [1.29, 1.82) is 0 Å². The van der Waals surface area contributed by atoms with Crippen LogP contribution in [0.3, 0.4) is 0 Å². The Kier molecular flexibility index (Phi) is 2.79. The third-order valence-corrected chi connectivity index (χ3v) is 3.44. The van der Waals surface area contributed by atoms with Crippen LogP contribution in [0.2, 0.25) is 0 Å². The van der Waals surface area contributed by atoms with Crippen molar-refractivity contribution in [3.8, 4) is 0 Å². The number of aryl methyl sites for hydroxylation is 1. The van der Waals surface area contributed by atoms with Crippen molar-refractivity contribution < 1.29 is 4.42 Å². The average molecular weight is 323 g/mol. The first-order chi connectivity index (χ1) is 9.06. The summed E-state index contributed by atoms with van der Waals surface area (Å²) in [6.07, 6.45) is 1.65. The fraction of sp³-hybridized carbons (Fsp3) is 0.167. The second-order valence-corrected chi connectivity index (χ2v) is 5.10. The number of nitrogens with zero attached hydrogens (tertiary/aromatic N) is 2. The zero-order valence-corrected chi connectivity index (χ0v) is 11.6. The molecule has 19 heavy (non-hydrogen) atoms. The molecule has 0 bridgehead atoms. The van der Waals surface area contributed by atoms with Gasteiger partial charge in [-0.1, -0.05) is 6.07 Å². The van der Waals surface area contributed by atoms with Gasteiger partial charge in [0.1, 0.15) is 10.4 Å². The highest BCUT2D eigenvalue weighted by molar-refractivity contribution is 9.10. The summed E-state index contributed by atoms with van der Waals surface area (Å²) >= 11 is 3.29. The van der Waals surface area contributed by atoms with Gasteiger partial charge in [0.25, 0.3) is 0 Å². The molecule has 0 saturated carbocycles. The van der Waals surface area contributed by atoms with Gasteiger partial charge in [0, 0.05) is 7.05 Å². The van der Waals surface area contributed by atoms with E-state index in [1.165, 1.54) is 4.57 Å². The van der Waals surface area contributed by atoms with Crippen molar-refractivity contribution in [3.63, 3.8) is 0 Å². The maximum Gasteiger partial charge on any atom is 0.419 e. The number of aromatic nitrogens is 3. The van der Waals surface area contributed by atoms with Crippen molar-refractivity contribution in [2.75, 3.05) is 0 Å². The molecular weight excluding hydrogens is 312 g/mol.